The number of hydrogen-bond acceptors (Lipinski definition) is 4. The molecule has 19 heavy (non-hydrogen) atoms. The van der Waals surface area contributed by atoms with Gasteiger partial charge < -0.3 is 5.73 Å². The van der Waals surface area contributed by atoms with E-state index in [0.717, 1.165) is 16.7 Å². The molecule has 4 nitrogen and oxygen atoms in total. The summed E-state index contributed by atoms with van der Waals surface area (Å²) in [4.78, 5) is 4.20. The molecule has 0 fully saturated rings. The molecule has 0 aromatic heterocycles. The average Bonchev–Trinajstić information content (AvgIpc) is 2.95. The molecule has 2 N–H and O–H groups in total. The zero-order valence-corrected chi connectivity index (χ0v) is 9.88. The predicted molar refractivity (Wildman–Crippen MR) is 71.3 cm³/mol. The van der Waals surface area contributed by atoms with Crippen molar-refractivity contribution in [1.82, 2.24) is 4.98 Å². The van der Waals surface area contributed by atoms with Crippen LogP contribution in [0.3, 0.4) is 0 Å². The highest BCUT2D eigenvalue weighted by molar-refractivity contribution is 5.91. The van der Waals surface area contributed by atoms with Gasteiger partial charge in [-0.15, -0.1) is 0 Å². The molecule has 0 saturated heterocycles. The molecule has 3 rings (SSSR count). The molecule has 0 bridgehead atoms. The Labute approximate surface area is 110 Å². The second-order valence-electron chi connectivity index (χ2n) is 4.18. The normalized spacial score (nSPS) is 10.2. The summed E-state index contributed by atoms with van der Waals surface area (Å²) in [5.41, 5.74) is 9.85. The first-order chi connectivity index (χ1) is 9.24. The Kier molecular flexibility index (Phi) is 2.30. The fourth-order valence-electron chi connectivity index (χ4n) is 2.25. The van der Waals surface area contributed by atoms with E-state index >= 15 is 0 Å². The standard InChI is InChI=1S/C15H8N4/c16-7-9-4-5-13-14(12(8-17)15(18)19-13)11-3-1-2-10(11)6-9/h1-6H,(H2,18,19). The van der Waals surface area contributed by atoms with Crippen molar-refractivity contribution in [2.75, 3.05) is 5.73 Å². The van der Waals surface area contributed by atoms with Gasteiger partial charge in [0.15, 0.2) is 0 Å². The second-order valence-corrected chi connectivity index (χ2v) is 4.18. The summed E-state index contributed by atoms with van der Waals surface area (Å²) in [6.45, 7) is 0. The third kappa shape index (κ3) is 1.55. The number of nitrogens with two attached hydrogens (primary N) is 1. The number of hydrogen-bond donors (Lipinski definition) is 1. The van der Waals surface area contributed by atoms with E-state index in [9.17, 15) is 5.26 Å². The lowest BCUT2D eigenvalue weighted by atomic mass is 9.98. The van der Waals surface area contributed by atoms with E-state index in [1.165, 1.54) is 0 Å². The molecule has 3 aliphatic rings. The first kappa shape index (κ1) is 11.0. The van der Waals surface area contributed by atoms with E-state index in [1.54, 1.807) is 18.2 Å². The van der Waals surface area contributed by atoms with Gasteiger partial charge in [0, 0.05) is 5.56 Å². The van der Waals surface area contributed by atoms with Gasteiger partial charge in [0.2, 0.25) is 0 Å². The maximum atomic E-state index is 9.22. The van der Waals surface area contributed by atoms with Crippen LogP contribution in [0, 0.1) is 22.7 Å². The lowest BCUT2D eigenvalue weighted by Gasteiger charge is -2.03. The molecule has 0 spiro atoms. The summed E-state index contributed by atoms with van der Waals surface area (Å²) < 4.78 is 0. The van der Waals surface area contributed by atoms with Crippen molar-refractivity contribution in [1.29, 1.82) is 10.5 Å². The van der Waals surface area contributed by atoms with Crippen LogP contribution in [0.2, 0.25) is 0 Å². The van der Waals surface area contributed by atoms with Gasteiger partial charge in [0.25, 0.3) is 0 Å². The minimum absolute atomic E-state index is 0.227. The van der Waals surface area contributed by atoms with Crippen LogP contribution in [0.15, 0.2) is 36.4 Å². The van der Waals surface area contributed by atoms with Crippen LogP contribution >= 0.6 is 0 Å². The zero-order valence-electron chi connectivity index (χ0n) is 9.88. The largest absolute Gasteiger partial charge is 0.383 e. The monoisotopic (exact) mass is 244 g/mol. The van der Waals surface area contributed by atoms with Gasteiger partial charge >= 0.3 is 0 Å². The number of fused-ring (bicyclic) bond motifs is 3. The molecule has 0 atom stereocenters. The minimum atomic E-state index is 0.227. The van der Waals surface area contributed by atoms with Crippen LogP contribution in [0.25, 0.3) is 22.4 Å². The third-order valence-electron chi connectivity index (χ3n) is 3.09. The number of nitrogen functional groups attached to an aromatic ring is 1. The topological polar surface area (TPSA) is 86.5 Å². The van der Waals surface area contributed by atoms with Gasteiger partial charge in [-0.2, -0.15) is 10.5 Å². The van der Waals surface area contributed by atoms with Crippen molar-refractivity contribution >= 4 is 5.82 Å². The number of anilines is 1. The fraction of sp³-hybridized carbons (Fsp3) is 0. The number of nitriles is 2. The summed E-state index contributed by atoms with van der Waals surface area (Å²) in [5.74, 6) is 0.227. The highest BCUT2D eigenvalue weighted by atomic mass is 14.9. The molecule has 0 aromatic rings. The van der Waals surface area contributed by atoms with Crippen molar-refractivity contribution in [2.24, 2.45) is 0 Å². The number of aromatic nitrogens is 1. The molecule has 88 valence electrons. The van der Waals surface area contributed by atoms with Gasteiger partial charge in [0.05, 0.1) is 17.3 Å². The van der Waals surface area contributed by atoms with Crippen molar-refractivity contribution < 1.29 is 0 Å². The van der Waals surface area contributed by atoms with E-state index in [4.69, 9.17) is 11.0 Å². The van der Waals surface area contributed by atoms with Crippen LogP contribution in [-0.2, 0) is 0 Å². The zero-order chi connectivity index (χ0) is 13.4. The first-order valence-corrected chi connectivity index (χ1v) is 5.67. The summed E-state index contributed by atoms with van der Waals surface area (Å²) >= 11 is 0. The molecular formula is C15H8N4. The summed E-state index contributed by atoms with van der Waals surface area (Å²) in [7, 11) is 0. The Morgan fingerprint density at radius 2 is 1.89 bits per heavy atom. The van der Waals surface area contributed by atoms with Crippen molar-refractivity contribution in [3.05, 3.63) is 47.5 Å². The molecule has 0 radical (unpaired) electrons. The van der Waals surface area contributed by atoms with Crippen molar-refractivity contribution in [2.45, 2.75) is 0 Å². The van der Waals surface area contributed by atoms with Gasteiger partial charge in [-0.25, -0.2) is 4.98 Å². The Morgan fingerprint density at radius 1 is 1.05 bits per heavy atom. The molecule has 4 heteroatoms. The van der Waals surface area contributed by atoms with E-state index in [2.05, 4.69) is 17.1 Å². The van der Waals surface area contributed by atoms with Crippen LogP contribution in [0.4, 0.5) is 5.82 Å². The Balaban J connectivity index is 2.48. The van der Waals surface area contributed by atoms with Crippen LogP contribution < -0.4 is 5.73 Å². The predicted octanol–water partition coefficient (Wildman–Crippen LogP) is 2.62. The third-order valence-corrected chi connectivity index (χ3v) is 3.09. The highest BCUT2D eigenvalue weighted by Gasteiger charge is 2.20. The maximum absolute atomic E-state index is 9.22. The average molecular weight is 244 g/mol. The molecule has 1 heterocycles. The second kappa shape index (κ2) is 3.97. The molecule has 0 saturated carbocycles. The summed E-state index contributed by atoms with van der Waals surface area (Å²) in [6, 6.07) is 15.1. The Bertz CT molecular complexity index is 808. The van der Waals surface area contributed by atoms with Crippen LogP contribution in [-0.4, -0.2) is 4.98 Å². The lowest BCUT2D eigenvalue weighted by molar-refractivity contribution is 1.40. The number of rotatable bonds is 0. The molecule has 0 unspecified atom stereocenters. The molecule has 0 amide bonds. The van der Waals surface area contributed by atoms with Gasteiger partial charge in [-0.05, 0) is 29.3 Å². The smallest absolute Gasteiger partial charge is 0.142 e. The van der Waals surface area contributed by atoms with Gasteiger partial charge in [-0.3, -0.25) is 0 Å². The van der Waals surface area contributed by atoms with Crippen molar-refractivity contribution in [3.8, 4) is 34.5 Å². The van der Waals surface area contributed by atoms with E-state index < -0.39 is 0 Å². The van der Waals surface area contributed by atoms with Gasteiger partial charge in [0.1, 0.15) is 17.5 Å². The van der Waals surface area contributed by atoms with Gasteiger partial charge in [-0.1, -0.05) is 18.2 Å². The Hall–Kier alpha value is -3.11. The van der Waals surface area contributed by atoms with Crippen LogP contribution in [0.5, 0.6) is 0 Å². The first-order valence-electron chi connectivity index (χ1n) is 5.67. The van der Waals surface area contributed by atoms with Crippen molar-refractivity contribution in [3.63, 3.8) is 0 Å². The SMILES string of the molecule is N#Cc1ccc2nc(N)c(C#N)c-2c2cccc-2c1. The molecule has 1 aliphatic heterocycles. The highest BCUT2D eigenvalue weighted by Crippen LogP contribution is 2.38. The molecule has 2 aliphatic carbocycles. The summed E-state index contributed by atoms with van der Waals surface area (Å²) in [6.07, 6.45) is 0. The van der Waals surface area contributed by atoms with E-state index in [-0.39, 0.29) is 5.82 Å². The quantitative estimate of drug-likeness (QED) is 0.658. The maximum Gasteiger partial charge on any atom is 0.142 e. The molecular weight excluding hydrogens is 236 g/mol. The van der Waals surface area contributed by atoms with Crippen LogP contribution in [0.1, 0.15) is 11.1 Å². The number of nitrogens with zero attached hydrogens (tertiary/aromatic N) is 3. The van der Waals surface area contributed by atoms with E-state index in [1.807, 2.05) is 18.2 Å². The molecule has 0 aromatic carbocycles. The lowest BCUT2D eigenvalue weighted by Crippen LogP contribution is -1.86. The summed E-state index contributed by atoms with van der Waals surface area (Å²) in [5, 5.41) is 18.3. The Morgan fingerprint density at radius 3 is 2.63 bits per heavy atom. The fourth-order valence-corrected chi connectivity index (χ4v) is 2.25. The van der Waals surface area contributed by atoms with E-state index in [0.29, 0.717) is 16.8 Å². The minimum Gasteiger partial charge on any atom is -0.383 e.